The van der Waals surface area contributed by atoms with Gasteiger partial charge in [0, 0.05) is 9.79 Å². The van der Waals surface area contributed by atoms with Gasteiger partial charge < -0.3 is 0 Å². The molecule has 1 aliphatic heterocycles. The third-order valence-corrected chi connectivity index (χ3v) is 4.94. The number of rotatable bonds is 0. The van der Waals surface area contributed by atoms with Crippen LogP contribution in [0.25, 0.3) is 11.1 Å². The Bertz CT molecular complexity index is 742. The first kappa shape index (κ1) is 14.3. The molecule has 0 saturated carbocycles. The zero-order valence-electron chi connectivity index (χ0n) is 11.6. The largest absolute Gasteiger partial charge is 0.416 e. The van der Waals surface area contributed by atoms with Gasteiger partial charge in [0.15, 0.2) is 0 Å². The summed E-state index contributed by atoms with van der Waals surface area (Å²) >= 11 is 1.52. The van der Waals surface area contributed by atoms with Crippen molar-refractivity contribution in [3.8, 4) is 0 Å². The molecule has 4 heteroatoms. The molecule has 1 heterocycles. The maximum atomic E-state index is 12.9. The molecule has 0 aliphatic carbocycles. The van der Waals surface area contributed by atoms with Gasteiger partial charge in [-0.25, -0.2) is 0 Å². The monoisotopic (exact) mass is 306 g/mol. The lowest BCUT2D eigenvalue weighted by atomic mass is 9.96. The first-order valence-corrected chi connectivity index (χ1v) is 7.36. The quantitative estimate of drug-likeness (QED) is 0.565. The molecule has 0 N–H and O–H groups in total. The van der Waals surface area contributed by atoms with Gasteiger partial charge in [-0.3, -0.25) is 0 Å². The van der Waals surface area contributed by atoms with E-state index in [0.717, 1.165) is 32.6 Å². The fraction of sp³-hybridized carbons (Fsp3) is 0.176. The van der Waals surface area contributed by atoms with E-state index in [0.29, 0.717) is 5.56 Å². The third-order valence-electron chi connectivity index (χ3n) is 3.78. The van der Waals surface area contributed by atoms with Crippen molar-refractivity contribution in [2.45, 2.75) is 29.8 Å². The highest BCUT2D eigenvalue weighted by Crippen LogP contribution is 2.45. The first-order chi connectivity index (χ1) is 9.88. The highest BCUT2D eigenvalue weighted by molar-refractivity contribution is 7.99. The van der Waals surface area contributed by atoms with E-state index in [1.165, 1.54) is 17.8 Å². The number of alkyl halides is 3. The van der Waals surface area contributed by atoms with E-state index < -0.39 is 11.7 Å². The van der Waals surface area contributed by atoms with Gasteiger partial charge in [-0.2, -0.15) is 13.2 Å². The van der Waals surface area contributed by atoms with E-state index in [4.69, 9.17) is 0 Å². The molecule has 0 unspecified atom stereocenters. The zero-order chi connectivity index (χ0) is 15.2. The van der Waals surface area contributed by atoms with Crippen LogP contribution in [0.4, 0.5) is 13.2 Å². The fourth-order valence-electron chi connectivity index (χ4n) is 2.48. The van der Waals surface area contributed by atoms with Crippen LogP contribution < -0.4 is 0 Å². The second-order valence-electron chi connectivity index (χ2n) is 5.06. The maximum Gasteiger partial charge on any atom is 0.416 e. The molecule has 0 nitrogen and oxygen atoms in total. The van der Waals surface area contributed by atoms with E-state index in [2.05, 4.69) is 0 Å². The van der Waals surface area contributed by atoms with Crippen molar-refractivity contribution in [3.63, 3.8) is 0 Å². The Kier molecular flexibility index (Phi) is 3.36. The van der Waals surface area contributed by atoms with Crippen molar-refractivity contribution in [2.24, 2.45) is 0 Å². The predicted octanol–water partition coefficient (Wildman–Crippen LogP) is 6.12. The maximum absolute atomic E-state index is 12.9. The molecule has 21 heavy (non-hydrogen) atoms. The Morgan fingerprint density at radius 2 is 1.43 bits per heavy atom. The van der Waals surface area contributed by atoms with Gasteiger partial charge in [0.1, 0.15) is 0 Å². The molecule has 0 fully saturated rings. The SMILES string of the molecule is CC1=C(C)c2cc(C(F)(F)F)ccc2Sc2ccccc21. The number of benzene rings is 2. The van der Waals surface area contributed by atoms with Gasteiger partial charge in [-0.05, 0) is 60.4 Å². The minimum atomic E-state index is -4.31. The molecule has 1 aliphatic rings. The summed E-state index contributed by atoms with van der Waals surface area (Å²) in [6.07, 6.45) is -4.31. The van der Waals surface area contributed by atoms with Crippen LogP contribution in [-0.2, 0) is 6.18 Å². The molecular weight excluding hydrogens is 293 g/mol. The number of fused-ring (bicyclic) bond motifs is 2. The Labute approximate surface area is 125 Å². The summed E-state index contributed by atoms with van der Waals surface area (Å²) in [6.45, 7) is 3.85. The Hall–Kier alpha value is -1.68. The van der Waals surface area contributed by atoms with Crippen LogP contribution in [0.15, 0.2) is 52.3 Å². The van der Waals surface area contributed by atoms with Crippen LogP contribution in [0.2, 0.25) is 0 Å². The average Bonchev–Trinajstić information content (AvgIpc) is 2.55. The molecular formula is C17H13F3S. The second kappa shape index (κ2) is 4.95. The van der Waals surface area contributed by atoms with Crippen molar-refractivity contribution in [3.05, 3.63) is 59.2 Å². The number of allylic oxidation sites excluding steroid dienone is 2. The van der Waals surface area contributed by atoms with Crippen LogP contribution in [0.1, 0.15) is 30.5 Å². The molecule has 2 aromatic carbocycles. The fourth-order valence-corrected chi connectivity index (χ4v) is 3.65. The van der Waals surface area contributed by atoms with Gasteiger partial charge >= 0.3 is 6.18 Å². The van der Waals surface area contributed by atoms with E-state index in [-0.39, 0.29) is 0 Å². The van der Waals surface area contributed by atoms with E-state index in [1.54, 1.807) is 6.07 Å². The Morgan fingerprint density at radius 1 is 0.810 bits per heavy atom. The van der Waals surface area contributed by atoms with Gasteiger partial charge in [-0.15, -0.1) is 0 Å². The third kappa shape index (κ3) is 2.48. The molecule has 0 spiro atoms. The molecule has 0 aromatic heterocycles. The molecule has 2 aromatic rings. The lowest BCUT2D eigenvalue weighted by Crippen LogP contribution is -2.05. The summed E-state index contributed by atoms with van der Waals surface area (Å²) < 4.78 is 38.8. The smallest absolute Gasteiger partial charge is 0.166 e. The summed E-state index contributed by atoms with van der Waals surface area (Å²) in [5, 5.41) is 0. The summed E-state index contributed by atoms with van der Waals surface area (Å²) in [5.41, 5.74) is 3.08. The summed E-state index contributed by atoms with van der Waals surface area (Å²) in [7, 11) is 0. The predicted molar refractivity (Wildman–Crippen MR) is 80.2 cm³/mol. The number of hydrogen-bond donors (Lipinski definition) is 0. The highest BCUT2D eigenvalue weighted by atomic mass is 32.2. The van der Waals surface area contributed by atoms with Crippen molar-refractivity contribution < 1.29 is 13.2 Å². The van der Waals surface area contributed by atoms with E-state index in [9.17, 15) is 13.2 Å². The van der Waals surface area contributed by atoms with Crippen LogP contribution in [0.3, 0.4) is 0 Å². The molecule has 0 amide bonds. The summed E-state index contributed by atoms with van der Waals surface area (Å²) in [4.78, 5) is 1.94. The first-order valence-electron chi connectivity index (χ1n) is 6.54. The summed E-state index contributed by atoms with van der Waals surface area (Å²) in [6, 6.07) is 11.9. The lowest BCUT2D eigenvalue weighted by Gasteiger charge is -2.12. The van der Waals surface area contributed by atoms with Crippen molar-refractivity contribution in [2.75, 3.05) is 0 Å². The van der Waals surface area contributed by atoms with Gasteiger partial charge in [0.25, 0.3) is 0 Å². The van der Waals surface area contributed by atoms with E-state index in [1.807, 2.05) is 38.1 Å². The molecule has 0 saturated heterocycles. The lowest BCUT2D eigenvalue weighted by molar-refractivity contribution is -0.137. The Balaban J connectivity index is 2.24. The minimum Gasteiger partial charge on any atom is -0.166 e. The topological polar surface area (TPSA) is 0 Å². The molecule has 3 rings (SSSR count). The standard InChI is InChI=1S/C17H13F3S/c1-10-11(2)14-9-12(17(18,19)20)7-8-16(14)21-15-6-4-3-5-13(10)15/h3-9H,1-2H3. The van der Waals surface area contributed by atoms with Crippen molar-refractivity contribution in [1.82, 2.24) is 0 Å². The van der Waals surface area contributed by atoms with Crippen LogP contribution in [0.5, 0.6) is 0 Å². The van der Waals surface area contributed by atoms with Crippen molar-refractivity contribution >= 4 is 22.9 Å². The van der Waals surface area contributed by atoms with Crippen LogP contribution >= 0.6 is 11.8 Å². The highest BCUT2D eigenvalue weighted by Gasteiger charge is 2.31. The normalized spacial score (nSPS) is 14.5. The van der Waals surface area contributed by atoms with Gasteiger partial charge in [0.05, 0.1) is 5.56 Å². The molecule has 0 radical (unpaired) electrons. The Morgan fingerprint density at radius 3 is 2.14 bits per heavy atom. The molecule has 108 valence electrons. The van der Waals surface area contributed by atoms with Crippen LogP contribution in [0, 0.1) is 0 Å². The van der Waals surface area contributed by atoms with Crippen molar-refractivity contribution in [1.29, 1.82) is 0 Å². The zero-order valence-corrected chi connectivity index (χ0v) is 12.4. The second-order valence-corrected chi connectivity index (χ2v) is 6.14. The number of hydrogen-bond acceptors (Lipinski definition) is 1. The average molecular weight is 306 g/mol. The minimum absolute atomic E-state index is 0.597. The number of halogens is 3. The van der Waals surface area contributed by atoms with Crippen LogP contribution in [-0.4, -0.2) is 0 Å². The molecule has 0 bridgehead atoms. The molecule has 0 atom stereocenters. The van der Waals surface area contributed by atoms with Gasteiger partial charge in [0.2, 0.25) is 0 Å². The van der Waals surface area contributed by atoms with Gasteiger partial charge in [-0.1, -0.05) is 30.0 Å². The summed E-state index contributed by atoms with van der Waals surface area (Å²) in [5.74, 6) is 0. The van der Waals surface area contributed by atoms with E-state index >= 15 is 0 Å².